The van der Waals surface area contributed by atoms with Crippen molar-refractivity contribution < 1.29 is 76.6 Å². The average Bonchev–Trinajstić information content (AvgIpc) is 3.42. The Morgan fingerprint density at radius 2 is 1.29 bits per heavy atom. The number of ether oxygens (including phenoxy) is 7. The molecule has 5 rings (SSSR count). The Bertz CT molecular complexity index is 1770. The van der Waals surface area contributed by atoms with Crippen molar-refractivity contribution in [3.63, 3.8) is 0 Å². The second-order valence-corrected chi connectivity index (χ2v) is 16.0. The second kappa shape index (κ2) is 14.7. The zero-order valence-corrected chi connectivity index (χ0v) is 32.3. The van der Waals surface area contributed by atoms with E-state index in [1.54, 1.807) is 39.0 Å². The number of hydrogen-bond donors (Lipinski definition) is 1. The van der Waals surface area contributed by atoms with Crippen molar-refractivity contribution in [2.75, 3.05) is 6.61 Å². The predicted octanol–water partition coefficient (Wildman–Crippen LogP) is 2.44. The Morgan fingerprint density at radius 1 is 0.709 bits per heavy atom. The molecule has 1 aromatic rings. The van der Waals surface area contributed by atoms with Crippen molar-refractivity contribution in [2.45, 2.75) is 117 Å². The smallest absolute Gasteiger partial charge is 0.344 e. The van der Waals surface area contributed by atoms with Crippen molar-refractivity contribution in [3.8, 4) is 0 Å². The van der Waals surface area contributed by atoms with E-state index in [0.29, 0.717) is 0 Å². The zero-order chi connectivity index (χ0) is 41.0. The summed E-state index contributed by atoms with van der Waals surface area (Å²) in [6.07, 6.45) is -9.00. The largest absolute Gasteiger partial charge is 0.461 e. The highest BCUT2D eigenvalue weighted by molar-refractivity contribution is 5.91. The van der Waals surface area contributed by atoms with Crippen LogP contribution in [0.4, 0.5) is 0 Å². The Morgan fingerprint density at radius 3 is 1.84 bits per heavy atom. The molecular formula is C39H48O16. The number of ketones is 1. The number of fused-ring (bicyclic) bond motifs is 5. The number of aliphatic hydroxyl groups is 1. The number of carbonyl (C=O) groups is 8. The number of carbonyl (C=O) groups excluding carboxylic acids is 8. The van der Waals surface area contributed by atoms with Gasteiger partial charge in [-0.25, -0.2) is 9.59 Å². The van der Waals surface area contributed by atoms with E-state index in [2.05, 4.69) is 0 Å². The molecule has 0 unspecified atom stereocenters. The summed E-state index contributed by atoms with van der Waals surface area (Å²) >= 11 is 0. The fourth-order valence-corrected chi connectivity index (χ4v) is 10.2. The predicted molar refractivity (Wildman–Crippen MR) is 184 cm³/mol. The van der Waals surface area contributed by atoms with Crippen LogP contribution in [0.2, 0.25) is 0 Å². The standard InChI is InChI=1S/C39H48O16/c1-18-15-38(48)28(29(18)54-33(47)24-13-11-10-12-14-24)32(53-26(45)17-49-19(2)40)39(55-23(6)44)16-25-27(31(50-20(3)41)36(7,8)30(25)46)37(9,34(38)51-21(4)42)35(39)52-22(5)43/h10-14,18,25,27-29,31-32,34-35,48H,15-17H2,1-9H3/t18-,25+,27+,28+,29-,31-,32+,34+,35+,37+,38+,39-/m0/s1. The zero-order valence-electron chi connectivity index (χ0n) is 32.3. The molecule has 12 atom stereocenters. The maximum Gasteiger partial charge on any atom is 0.344 e. The maximum atomic E-state index is 14.6. The van der Waals surface area contributed by atoms with E-state index < -0.39 is 137 Å². The molecule has 0 amide bonds. The van der Waals surface area contributed by atoms with Crippen LogP contribution in [0.3, 0.4) is 0 Å². The van der Waals surface area contributed by atoms with Gasteiger partial charge in [0.15, 0.2) is 24.4 Å². The summed E-state index contributed by atoms with van der Waals surface area (Å²) in [5.41, 5.74) is -8.05. The van der Waals surface area contributed by atoms with Crippen molar-refractivity contribution in [1.29, 1.82) is 0 Å². The van der Waals surface area contributed by atoms with Crippen LogP contribution in [0.15, 0.2) is 30.3 Å². The molecule has 2 bridgehead atoms. The van der Waals surface area contributed by atoms with Crippen LogP contribution in [-0.2, 0) is 66.7 Å². The lowest BCUT2D eigenvalue weighted by Crippen LogP contribution is -2.72. The van der Waals surface area contributed by atoms with Crippen molar-refractivity contribution in [3.05, 3.63) is 35.9 Å². The normalized spacial score (nSPS) is 36.8. The van der Waals surface area contributed by atoms with Crippen molar-refractivity contribution in [1.82, 2.24) is 0 Å². The van der Waals surface area contributed by atoms with Gasteiger partial charge in [-0.1, -0.05) is 32.0 Å². The highest BCUT2D eigenvalue weighted by Crippen LogP contribution is 2.69. The monoisotopic (exact) mass is 772 g/mol. The highest BCUT2D eigenvalue weighted by atomic mass is 16.6. The summed E-state index contributed by atoms with van der Waals surface area (Å²) in [6.45, 7) is 10.6. The molecule has 1 N–H and O–H groups in total. The number of Topliss-reactive ketones (excluding diaryl/α,β-unsaturated/α-hetero) is 1. The first-order chi connectivity index (χ1) is 25.5. The third-order valence-corrected chi connectivity index (χ3v) is 11.8. The fourth-order valence-electron chi connectivity index (χ4n) is 10.2. The molecule has 0 heterocycles. The first-order valence-electron chi connectivity index (χ1n) is 18.1. The Labute approximate surface area is 317 Å². The minimum absolute atomic E-state index is 0.128. The Kier molecular flexibility index (Phi) is 11.0. The van der Waals surface area contributed by atoms with Gasteiger partial charge in [-0.3, -0.25) is 28.8 Å². The van der Waals surface area contributed by atoms with E-state index in [0.717, 1.165) is 34.6 Å². The van der Waals surface area contributed by atoms with E-state index in [1.807, 2.05) is 0 Å². The molecule has 0 aliphatic heterocycles. The third-order valence-electron chi connectivity index (χ3n) is 11.8. The van der Waals surface area contributed by atoms with E-state index in [1.165, 1.54) is 19.1 Å². The minimum Gasteiger partial charge on any atom is -0.461 e. The lowest BCUT2D eigenvalue weighted by molar-refractivity contribution is -0.276. The fraction of sp³-hybridized carbons (Fsp3) is 0.641. The lowest BCUT2D eigenvalue weighted by Gasteiger charge is -2.58. The maximum absolute atomic E-state index is 14.6. The summed E-state index contributed by atoms with van der Waals surface area (Å²) < 4.78 is 41.5. The summed E-state index contributed by atoms with van der Waals surface area (Å²) in [7, 11) is 0. The molecule has 16 nitrogen and oxygen atoms in total. The summed E-state index contributed by atoms with van der Waals surface area (Å²) in [5, 5.41) is 13.4. The van der Waals surface area contributed by atoms with E-state index in [4.69, 9.17) is 33.2 Å². The molecule has 4 fully saturated rings. The van der Waals surface area contributed by atoms with E-state index >= 15 is 0 Å². The first-order valence-corrected chi connectivity index (χ1v) is 18.1. The number of rotatable bonds is 9. The average molecular weight is 773 g/mol. The lowest BCUT2D eigenvalue weighted by atomic mass is 9.53. The van der Waals surface area contributed by atoms with Crippen molar-refractivity contribution >= 4 is 47.6 Å². The van der Waals surface area contributed by atoms with Crippen LogP contribution < -0.4 is 0 Å². The van der Waals surface area contributed by atoms with Crippen LogP contribution in [0, 0.1) is 34.5 Å². The number of hydrogen-bond acceptors (Lipinski definition) is 16. The molecule has 55 heavy (non-hydrogen) atoms. The van der Waals surface area contributed by atoms with Crippen molar-refractivity contribution in [2.24, 2.45) is 34.5 Å². The highest BCUT2D eigenvalue weighted by Gasteiger charge is 2.84. The van der Waals surface area contributed by atoms with Gasteiger partial charge in [0, 0.05) is 52.9 Å². The Balaban J connectivity index is 1.90. The van der Waals surface area contributed by atoms with Gasteiger partial charge in [0.05, 0.1) is 22.3 Å². The Hall–Kier alpha value is -4.86. The minimum atomic E-state index is -2.38. The molecule has 0 saturated heterocycles. The topological polar surface area (TPSA) is 221 Å². The molecule has 300 valence electrons. The number of benzene rings is 1. The molecule has 0 radical (unpaired) electrons. The second-order valence-electron chi connectivity index (χ2n) is 16.0. The summed E-state index contributed by atoms with van der Waals surface area (Å²) in [4.78, 5) is 106. The molecule has 1 aromatic carbocycles. The molecular weight excluding hydrogens is 724 g/mol. The van der Waals surface area contributed by atoms with Gasteiger partial charge in [0.25, 0.3) is 0 Å². The van der Waals surface area contributed by atoms with Gasteiger partial charge < -0.3 is 38.3 Å². The van der Waals surface area contributed by atoms with Gasteiger partial charge in [0.1, 0.15) is 29.7 Å². The quantitative estimate of drug-likeness (QED) is 0.281. The molecule has 4 aliphatic rings. The van der Waals surface area contributed by atoms with Gasteiger partial charge in [-0.2, -0.15) is 0 Å². The van der Waals surface area contributed by atoms with Gasteiger partial charge in [-0.05, 0) is 38.3 Å². The van der Waals surface area contributed by atoms with Crippen LogP contribution in [0.5, 0.6) is 0 Å². The van der Waals surface area contributed by atoms with Gasteiger partial charge in [-0.15, -0.1) is 0 Å². The third kappa shape index (κ3) is 6.97. The van der Waals surface area contributed by atoms with Crippen LogP contribution in [0.1, 0.15) is 85.5 Å². The van der Waals surface area contributed by atoms with Crippen LogP contribution in [-0.4, -0.2) is 101 Å². The molecule has 16 heteroatoms. The molecule has 4 aliphatic carbocycles. The van der Waals surface area contributed by atoms with E-state index in [9.17, 15) is 43.5 Å². The first kappa shape index (κ1) is 41.3. The molecule has 4 saturated carbocycles. The molecule has 0 aromatic heterocycles. The van der Waals surface area contributed by atoms with Crippen LogP contribution in [0.25, 0.3) is 0 Å². The van der Waals surface area contributed by atoms with Crippen LogP contribution >= 0.6 is 0 Å². The van der Waals surface area contributed by atoms with Gasteiger partial charge in [0.2, 0.25) is 0 Å². The molecule has 0 spiro atoms. The summed E-state index contributed by atoms with van der Waals surface area (Å²) in [5.74, 6) is -11.8. The van der Waals surface area contributed by atoms with E-state index in [-0.39, 0.29) is 12.0 Å². The van der Waals surface area contributed by atoms with Gasteiger partial charge >= 0.3 is 41.8 Å². The SMILES string of the molecule is CC(=O)OCC(=O)O[C@@H]1[C@H]2[C@@H](OC(=O)c3ccccc3)[C@@H](C)C[C@]2(O)[C@H](OC(C)=O)[C@@]2(C)[C@@H]3[C@@H](C[C@@]1(OC(C)=O)[C@@H]2OC(C)=O)C(=O)C(C)(C)[C@H]3OC(C)=O. The number of esters is 7. The summed E-state index contributed by atoms with van der Waals surface area (Å²) in [6, 6.07) is 7.88.